The van der Waals surface area contributed by atoms with Gasteiger partial charge in [-0.1, -0.05) is 25.1 Å². The molecule has 0 aliphatic carbocycles. The Bertz CT molecular complexity index is 908. The minimum atomic E-state index is -0.945. The van der Waals surface area contributed by atoms with Crippen LogP contribution in [0.25, 0.3) is 21.8 Å². The van der Waals surface area contributed by atoms with Crippen LogP contribution in [0.2, 0.25) is 0 Å². The molecule has 0 amide bonds. The number of aryl methyl sites for hydroxylation is 1. The Balaban J connectivity index is 2.57. The fourth-order valence-corrected chi connectivity index (χ4v) is 2.78. The number of rotatable bonds is 3. The topological polar surface area (TPSA) is 77.1 Å². The van der Waals surface area contributed by atoms with Crippen LogP contribution >= 0.6 is 0 Å². The second-order valence-electron chi connectivity index (χ2n) is 4.99. The number of carboxylic acid groups (broad SMARTS) is 1. The van der Waals surface area contributed by atoms with E-state index in [1.165, 1.54) is 4.68 Å². The third-order valence-electron chi connectivity index (χ3n) is 3.79. The first kappa shape index (κ1) is 13.4. The molecule has 108 valence electrons. The van der Waals surface area contributed by atoms with Crippen molar-refractivity contribution in [2.45, 2.75) is 19.4 Å². The molecule has 0 bridgehead atoms. The van der Waals surface area contributed by atoms with Crippen molar-refractivity contribution < 1.29 is 9.90 Å². The second-order valence-corrected chi connectivity index (χ2v) is 4.99. The highest BCUT2D eigenvalue weighted by Crippen LogP contribution is 2.30. The van der Waals surface area contributed by atoms with E-state index in [-0.39, 0.29) is 5.56 Å². The Morgan fingerprint density at radius 3 is 2.71 bits per heavy atom. The number of aromatic nitrogens is 3. The van der Waals surface area contributed by atoms with Gasteiger partial charge in [0.15, 0.2) is 0 Å². The third-order valence-corrected chi connectivity index (χ3v) is 3.79. The molecule has 0 aliphatic heterocycles. The van der Waals surface area contributed by atoms with Crippen LogP contribution in [0.4, 0.5) is 0 Å². The molecule has 0 saturated heterocycles. The van der Waals surface area contributed by atoms with E-state index in [1.54, 1.807) is 24.7 Å². The fourth-order valence-electron chi connectivity index (χ4n) is 2.78. The van der Waals surface area contributed by atoms with Gasteiger partial charge in [0.25, 0.3) is 5.56 Å². The minimum absolute atomic E-state index is 0.289. The Hall–Kier alpha value is -2.63. The van der Waals surface area contributed by atoms with Crippen molar-refractivity contribution in [3.63, 3.8) is 0 Å². The number of para-hydroxylation sites is 1. The predicted molar refractivity (Wildman–Crippen MR) is 79.4 cm³/mol. The average molecular weight is 285 g/mol. The van der Waals surface area contributed by atoms with E-state index in [0.717, 1.165) is 10.9 Å². The van der Waals surface area contributed by atoms with Gasteiger partial charge < -0.3 is 9.67 Å². The van der Waals surface area contributed by atoms with Crippen LogP contribution in [0.3, 0.4) is 0 Å². The molecule has 0 unspecified atom stereocenters. The molecule has 3 aromatic rings. The number of aliphatic carboxylic acids is 1. The SMILES string of the molecule is CC[C@H](C(=O)O)n1c2ccccc2c2cnn(C)c(=O)c21. The Kier molecular flexibility index (Phi) is 3.01. The van der Waals surface area contributed by atoms with Crippen LogP contribution in [-0.2, 0) is 11.8 Å². The second kappa shape index (κ2) is 4.73. The van der Waals surface area contributed by atoms with Crippen molar-refractivity contribution in [2.75, 3.05) is 0 Å². The van der Waals surface area contributed by atoms with Crippen molar-refractivity contribution >= 4 is 27.8 Å². The zero-order chi connectivity index (χ0) is 15.1. The van der Waals surface area contributed by atoms with Gasteiger partial charge in [-0.2, -0.15) is 5.10 Å². The quantitative estimate of drug-likeness (QED) is 0.797. The van der Waals surface area contributed by atoms with Crippen LogP contribution in [0.5, 0.6) is 0 Å². The van der Waals surface area contributed by atoms with E-state index in [0.29, 0.717) is 17.3 Å². The minimum Gasteiger partial charge on any atom is -0.480 e. The molecule has 0 saturated carbocycles. The molecular weight excluding hydrogens is 270 g/mol. The number of carboxylic acids is 1. The lowest BCUT2D eigenvalue weighted by atomic mass is 10.2. The summed E-state index contributed by atoms with van der Waals surface area (Å²) in [5.74, 6) is -0.945. The highest BCUT2D eigenvalue weighted by molar-refractivity contribution is 6.08. The molecule has 0 aliphatic rings. The maximum Gasteiger partial charge on any atom is 0.326 e. The van der Waals surface area contributed by atoms with E-state index in [9.17, 15) is 14.7 Å². The Labute approximate surface area is 120 Å². The zero-order valence-electron chi connectivity index (χ0n) is 11.8. The molecule has 6 nitrogen and oxygen atoms in total. The lowest BCUT2D eigenvalue weighted by molar-refractivity contribution is -0.140. The monoisotopic (exact) mass is 285 g/mol. The number of fused-ring (bicyclic) bond motifs is 3. The van der Waals surface area contributed by atoms with Gasteiger partial charge in [0.1, 0.15) is 11.6 Å². The molecule has 6 heteroatoms. The van der Waals surface area contributed by atoms with Gasteiger partial charge in [0.2, 0.25) is 0 Å². The predicted octanol–water partition coefficient (Wildman–Crippen LogP) is 1.92. The number of carbonyl (C=O) groups is 1. The van der Waals surface area contributed by atoms with Crippen molar-refractivity contribution in [3.8, 4) is 0 Å². The highest BCUT2D eigenvalue weighted by atomic mass is 16.4. The summed E-state index contributed by atoms with van der Waals surface area (Å²) in [6, 6.07) is 6.64. The molecular formula is C15H15N3O3. The average Bonchev–Trinajstić information content (AvgIpc) is 2.79. The van der Waals surface area contributed by atoms with Crippen LogP contribution < -0.4 is 5.56 Å². The molecule has 1 N–H and O–H groups in total. The van der Waals surface area contributed by atoms with E-state index >= 15 is 0 Å². The van der Waals surface area contributed by atoms with Gasteiger partial charge in [-0.3, -0.25) is 4.79 Å². The lowest BCUT2D eigenvalue weighted by Gasteiger charge is -2.14. The molecule has 21 heavy (non-hydrogen) atoms. The van der Waals surface area contributed by atoms with Gasteiger partial charge in [-0.05, 0) is 12.5 Å². The molecule has 2 heterocycles. The molecule has 3 rings (SSSR count). The summed E-state index contributed by atoms with van der Waals surface area (Å²) in [6.45, 7) is 1.80. The first-order valence-electron chi connectivity index (χ1n) is 6.74. The first-order valence-corrected chi connectivity index (χ1v) is 6.74. The maximum atomic E-state index is 12.4. The summed E-state index contributed by atoms with van der Waals surface area (Å²) in [4.78, 5) is 24.0. The summed E-state index contributed by atoms with van der Waals surface area (Å²) in [5, 5.41) is 15.1. The fraction of sp³-hybridized carbons (Fsp3) is 0.267. The van der Waals surface area contributed by atoms with Crippen molar-refractivity contribution in [3.05, 3.63) is 40.8 Å². The van der Waals surface area contributed by atoms with E-state index in [4.69, 9.17) is 0 Å². The van der Waals surface area contributed by atoms with Gasteiger partial charge in [0, 0.05) is 17.8 Å². The number of nitrogens with zero attached hydrogens (tertiary/aromatic N) is 3. The Morgan fingerprint density at radius 2 is 2.05 bits per heavy atom. The summed E-state index contributed by atoms with van der Waals surface area (Å²) < 4.78 is 2.85. The normalized spacial score (nSPS) is 12.9. The standard InChI is InChI=1S/C15H15N3O3/c1-3-11(15(20)21)18-12-7-5-4-6-9(12)10-8-16-17(2)14(19)13(10)18/h4-8,11H,3H2,1-2H3,(H,20,21)/t11-/m1/s1. The van der Waals surface area contributed by atoms with Gasteiger partial charge in [-0.15, -0.1) is 0 Å². The van der Waals surface area contributed by atoms with Gasteiger partial charge in [0.05, 0.1) is 11.7 Å². The molecule has 0 fully saturated rings. The number of benzene rings is 1. The van der Waals surface area contributed by atoms with E-state index < -0.39 is 12.0 Å². The largest absolute Gasteiger partial charge is 0.480 e. The summed E-state index contributed by atoms with van der Waals surface area (Å²) in [5.41, 5.74) is 0.846. The van der Waals surface area contributed by atoms with E-state index in [2.05, 4.69) is 5.10 Å². The molecule has 0 spiro atoms. The van der Waals surface area contributed by atoms with Crippen LogP contribution in [0, 0.1) is 0 Å². The Morgan fingerprint density at radius 1 is 1.33 bits per heavy atom. The summed E-state index contributed by atoms with van der Waals surface area (Å²) in [7, 11) is 1.56. The van der Waals surface area contributed by atoms with E-state index in [1.807, 2.05) is 24.3 Å². The summed E-state index contributed by atoms with van der Waals surface area (Å²) in [6.07, 6.45) is 2.01. The molecule has 0 radical (unpaired) electrons. The molecule has 1 aromatic carbocycles. The molecule has 2 aromatic heterocycles. The van der Waals surface area contributed by atoms with Crippen molar-refractivity contribution in [1.82, 2.24) is 14.3 Å². The lowest BCUT2D eigenvalue weighted by Crippen LogP contribution is -2.25. The van der Waals surface area contributed by atoms with Crippen molar-refractivity contribution in [2.24, 2.45) is 7.05 Å². The third kappa shape index (κ3) is 1.83. The molecule has 1 atom stereocenters. The maximum absolute atomic E-state index is 12.4. The van der Waals surface area contributed by atoms with Crippen molar-refractivity contribution in [1.29, 1.82) is 0 Å². The first-order chi connectivity index (χ1) is 10.1. The van der Waals surface area contributed by atoms with Crippen LogP contribution in [-0.4, -0.2) is 25.4 Å². The number of hydrogen-bond acceptors (Lipinski definition) is 3. The number of hydrogen-bond donors (Lipinski definition) is 1. The summed E-state index contributed by atoms with van der Waals surface area (Å²) >= 11 is 0. The van der Waals surface area contributed by atoms with Crippen LogP contribution in [0.15, 0.2) is 35.3 Å². The zero-order valence-corrected chi connectivity index (χ0v) is 11.8. The smallest absolute Gasteiger partial charge is 0.326 e. The van der Waals surface area contributed by atoms with Crippen LogP contribution in [0.1, 0.15) is 19.4 Å². The highest BCUT2D eigenvalue weighted by Gasteiger charge is 2.24. The van der Waals surface area contributed by atoms with Gasteiger partial charge >= 0.3 is 5.97 Å². The van der Waals surface area contributed by atoms with Gasteiger partial charge in [-0.25, -0.2) is 9.48 Å².